The molecule has 0 fully saturated rings. The molecule has 2 N–H and O–H groups in total. The molecular weight excluding hydrogens is 216 g/mol. The molecule has 0 saturated heterocycles. The van der Waals surface area contributed by atoms with Crippen LogP contribution in [-0.4, -0.2) is 21.8 Å². The summed E-state index contributed by atoms with van der Waals surface area (Å²) in [5.41, 5.74) is 1.06. The molecule has 0 aliphatic heterocycles. The molecule has 17 heavy (non-hydrogen) atoms. The average Bonchev–Trinajstić information content (AvgIpc) is 2.62. The van der Waals surface area contributed by atoms with E-state index in [-0.39, 0.29) is 0 Å². The predicted molar refractivity (Wildman–Crippen MR) is 64.8 cm³/mol. The molecule has 92 valence electrons. The summed E-state index contributed by atoms with van der Waals surface area (Å²) in [5.74, 6) is -1.55. The third kappa shape index (κ3) is 2.20. The molecule has 0 amide bonds. The molecule has 0 aromatic heterocycles. The van der Waals surface area contributed by atoms with E-state index in [2.05, 4.69) is 0 Å². The lowest BCUT2D eigenvalue weighted by atomic mass is 9.82. The number of hydrogen-bond donors (Lipinski definition) is 2. The lowest BCUT2D eigenvalue weighted by Crippen LogP contribution is -2.43. The Morgan fingerprint density at radius 1 is 1.35 bits per heavy atom. The summed E-state index contributed by atoms with van der Waals surface area (Å²) in [6, 6.07) is 7.80. The molecule has 3 nitrogen and oxygen atoms in total. The molecule has 1 aromatic carbocycles. The van der Waals surface area contributed by atoms with Crippen LogP contribution in [0.25, 0.3) is 0 Å². The zero-order valence-electron chi connectivity index (χ0n) is 10.0. The number of aliphatic carboxylic acids is 1. The van der Waals surface area contributed by atoms with Crippen LogP contribution in [-0.2, 0) is 17.6 Å². The Morgan fingerprint density at radius 3 is 2.29 bits per heavy atom. The fourth-order valence-electron chi connectivity index (χ4n) is 2.78. The minimum absolute atomic E-state index is 0.458. The van der Waals surface area contributed by atoms with Crippen LogP contribution in [0.2, 0.25) is 0 Å². The third-order valence-corrected chi connectivity index (χ3v) is 3.64. The van der Waals surface area contributed by atoms with E-state index in [0.29, 0.717) is 19.3 Å². The lowest BCUT2D eigenvalue weighted by Gasteiger charge is -2.29. The van der Waals surface area contributed by atoms with Crippen LogP contribution in [0.15, 0.2) is 24.3 Å². The number of carboxylic acids is 1. The Morgan fingerprint density at radius 2 is 1.88 bits per heavy atom. The van der Waals surface area contributed by atoms with E-state index in [1.807, 2.05) is 31.2 Å². The van der Waals surface area contributed by atoms with Gasteiger partial charge in [-0.3, -0.25) is 4.79 Å². The maximum Gasteiger partial charge on any atom is 0.309 e. The van der Waals surface area contributed by atoms with Crippen LogP contribution in [0.1, 0.15) is 30.9 Å². The molecule has 1 aromatic rings. The van der Waals surface area contributed by atoms with Gasteiger partial charge in [-0.15, -0.1) is 0 Å². The van der Waals surface area contributed by atoms with Crippen LogP contribution in [0.3, 0.4) is 0 Å². The maximum absolute atomic E-state index is 11.3. The van der Waals surface area contributed by atoms with Gasteiger partial charge in [0.1, 0.15) is 0 Å². The van der Waals surface area contributed by atoms with Crippen molar-refractivity contribution in [2.45, 2.75) is 38.2 Å². The number of carboxylic acid groups (broad SMARTS) is 1. The Kier molecular flexibility index (Phi) is 3.20. The fraction of sp³-hybridized carbons (Fsp3) is 0.500. The summed E-state index contributed by atoms with van der Waals surface area (Å²) in [6.07, 6.45) is 2.22. The van der Waals surface area contributed by atoms with Crippen LogP contribution in [0.5, 0.6) is 0 Å². The molecule has 1 aliphatic carbocycles. The normalized spacial score (nSPS) is 18.7. The summed E-state index contributed by atoms with van der Waals surface area (Å²) < 4.78 is 0. The van der Waals surface area contributed by atoms with Gasteiger partial charge in [-0.1, -0.05) is 37.6 Å². The van der Waals surface area contributed by atoms with Crippen LogP contribution in [0, 0.1) is 5.92 Å². The lowest BCUT2D eigenvalue weighted by molar-refractivity contribution is -0.152. The Hall–Kier alpha value is -1.35. The first kappa shape index (κ1) is 12.1. The standard InChI is InChI=1S/C14H18O3/c1-2-5-12(13(15)16)14(17)8-10-6-3-4-7-11(10)9-14/h3-4,6-7,12,17H,2,5,8-9H2,1H3,(H,15,16). The zero-order valence-corrected chi connectivity index (χ0v) is 10.0. The van der Waals surface area contributed by atoms with Gasteiger partial charge in [0.05, 0.1) is 11.5 Å². The second-order valence-electron chi connectivity index (χ2n) is 4.91. The highest BCUT2D eigenvalue weighted by Gasteiger charge is 2.45. The van der Waals surface area contributed by atoms with E-state index in [0.717, 1.165) is 17.5 Å². The Labute approximate surface area is 101 Å². The highest BCUT2D eigenvalue weighted by molar-refractivity contribution is 5.72. The molecule has 1 unspecified atom stereocenters. The summed E-state index contributed by atoms with van der Waals surface area (Å²) in [7, 11) is 0. The topological polar surface area (TPSA) is 57.5 Å². The van der Waals surface area contributed by atoms with Crippen molar-refractivity contribution < 1.29 is 15.0 Å². The Balaban J connectivity index is 2.25. The maximum atomic E-state index is 11.3. The van der Waals surface area contributed by atoms with E-state index < -0.39 is 17.5 Å². The summed E-state index contributed by atoms with van der Waals surface area (Å²) >= 11 is 0. The minimum atomic E-state index is -1.11. The van der Waals surface area contributed by atoms with Crippen molar-refractivity contribution in [2.24, 2.45) is 5.92 Å². The molecule has 0 spiro atoms. The number of carbonyl (C=O) groups is 1. The highest BCUT2D eigenvalue weighted by Crippen LogP contribution is 2.37. The largest absolute Gasteiger partial charge is 0.481 e. The molecule has 0 bridgehead atoms. The van der Waals surface area contributed by atoms with Crippen molar-refractivity contribution in [1.29, 1.82) is 0 Å². The van der Waals surface area contributed by atoms with Crippen molar-refractivity contribution in [3.63, 3.8) is 0 Å². The molecule has 0 heterocycles. The molecule has 1 aliphatic rings. The second kappa shape index (κ2) is 4.49. The minimum Gasteiger partial charge on any atom is -0.481 e. The smallest absolute Gasteiger partial charge is 0.309 e. The van der Waals surface area contributed by atoms with Gasteiger partial charge in [-0.2, -0.15) is 0 Å². The van der Waals surface area contributed by atoms with Crippen molar-refractivity contribution in [3.8, 4) is 0 Å². The first-order chi connectivity index (χ1) is 8.07. The average molecular weight is 234 g/mol. The van der Waals surface area contributed by atoms with Crippen LogP contribution in [0.4, 0.5) is 0 Å². The van der Waals surface area contributed by atoms with Crippen LogP contribution < -0.4 is 0 Å². The van der Waals surface area contributed by atoms with E-state index >= 15 is 0 Å². The predicted octanol–water partition coefficient (Wildman–Crippen LogP) is 2.02. The van der Waals surface area contributed by atoms with Crippen molar-refractivity contribution in [2.75, 3.05) is 0 Å². The van der Waals surface area contributed by atoms with Gasteiger partial charge < -0.3 is 10.2 Å². The first-order valence-corrected chi connectivity index (χ1v) is 6.09. The number of rotatable bonds is 4. The number of aliphatic hydroxyl groups is 1. The highest BCUT2D eigenvalue weighted by atomic mass is 16.4. The van der Waals surface area contributed by atoms with Crippen LogP contribution >= 0.6 is 0 Å². The van der Waals surface area contributed by atoms with Gasteiger partial charge in [0.15, 0.2) is 0 Å². The monoisotopic (exact) mass is 234 g/mol. The fourth-order valence-corrected chi connectivity index (χ4v) is 2.78. The second-order valence-corrected chi connectivity index (χ2v) is 4.91. The van der Waals surface area contributed by atoms with E-state index in [4.69, 9.17) is 0 Å². The SMILES string of the molecule is CCCC(C(=O)O)C1(O)Cc2ccccc2C1. The summed E-state index contributed by atoms with van der Waals surface area (Å²) in [4.78, 5) is 11.3. The van der Waals surface area contributed by atoms with E-state index in [1.165, 1.54) is 0 Å². The number of benzene rings is 1. The molecule has 0 radical (unpaired) electrons. The van der Waals surface area contributed by atoms with Crippen molar-refractivity contribution in [1.82, 2.24) is 0 Å². The molecule has 2 rings (SSSR count). The molecule has 1 atom stereocenters. The van der Waals surface area contributed by atoms with Gasteiger partial charge in [0.25, 0.3) is 0 Å². The number of hydrogen-bond acceptors (Lipinski definition) is 2. The zero-order chi connectivity index (χ0) is 12.5. The first-order valence-electron chi connectivity index (χ1n) is 6.09. The Bertz CT molecular complexity index is 400. The van der Waals surface area contributed by atoms with Gasteiger partial charge >= 0.3 is 5.97 Å². The molecule has 3 heteroatoms. The van der Waals surface area contributed by atoms with Gasteiger partial charge in [-0.25, -0.2) is 0 Å². The van der Waals surface area contributed by atoms with E-state index in [9.17, 15) is 15.0 Å². The third-order valence-electron chi connectivity index (χ3n) is 3.64. The van der Waals surface area contributed by atoms with Crippen molar-refractivity contribution in [3.05, 3.63) is 35.4 Å². The quantitative estimate of drug-likeness (QED) is 0.838. The summed E-state index contributed by atoms with van der Waals surface area (Å²) in [5, 5.41) is 19.8. The summed E-state index contributed by atoms with van der Waals surface area (Å²) in [6.45, 7) is 1.95. The van der Waals surface area contributed by atoms with Gasteiger partial charge in [0.2, 0.25) is 0 Å². The van der Waals surface area contributed by atoms with Gasteiger partial charge in [0, 0.05) is 12.8 Å². The number of fused-ring (bicyclic) bond motifs is 1. The van der Waals surface area contributed by atoms with Crippen molar-refractivity contribution >= 4 is 5.97 Å². The van der Waals surface area contributed by atoms with Gasteiger partial charge in [-0.05, 0) is 17.5 Å². The molecule has 0 saturated carbocycles. The van der Waals surface area contributed by atoms with E-state index in [1.54, 1.807) is 0 Å². The molecular formula is C14H18O3.